The molecule has 20 heavy (non-hydrogen) atoms. The predicted octanol–water partition coefficient (Wildman–Crippen LogP) is 5.56. The van der Waals surface area contributed by atoms with Crippen molar-refractivity contribution in [3.8, 4) is 11.8 Å². The number of benzene rings is 1. The van der Waals surface area contributed by atoms with E-state index in [9.17, 15) is 4.39 Å². The van der Waals surface area contributed by atoms with Gasteiger partial charge in [0.1, 0.15) is 5.82 Å². The molecule has 1 aliphatic carbocycles. The summed E-state index contributed by atoms with van der Waals surface area (Å²) in [5, 5.41) is 0. The van der Waals surface area contributed by atoms with Gasteiger partial charge in [0.25, 0.3) is 0 Å². The Hall–Kier alpha value is -1.29. The fourth-order valence-electron chi connectivity index (χ4n) is 3.00. The van der Waals surface area contributed by atoms with Crippen molar-refractivity contribution in [2.75, 3.05) is 0 Å². The maximum Gasteiger partial charge on any atom is 0.123 e. The average Bonchev–Trinajstić information content (AvgIpc) is 2.48. The van der Waals surface area contributed by atoms with Gasteiger partial charge in [0.05, 0.1) is 0 Å². The first-order valence-electron chi connectivity index (χ1n) is 8.05. The fraction of sp³-hybridized carbons (Fsp3) is 0.579. The van der Waals surface area contributed by atoms with Gasteiger partial charge in [-0.15, -0.1) is 0 Å². The molecule has 108 valence electrons. The number of halogens is 1. The van der Waals surface area contributed by atoms with Crippen LogP contribution in [0.3, 0.4) is 0 Å². The zero-order valence-electron chi connectivity index (χ0n) is 12.5. The van der Waals surface area contributed by atoms with E-state index in [4.69, 9.17) is 0 Å². The molecule has 0 spiro atoms. The zero-order valence-corrected chi connectivity index (χ0v) is 12.5. The van der Waals surface area contributed by atoms with Gasteiger partial charge in [-0.1, -0.05) is 44.4 Å². The van der Waals surface area contributed by atoms with Gasteiger partial charge in [-0.25, -0.2) is 4.39 Å². The fourth-order valence-corrected chi connectivity index (χ4v) is 3.00. The van der Waals surface area contributed by atoms with Crippen molar-refractivity contribution in [3.63, 3.8) is 0 Å². The molecule has 2 rings (SSSR count). The van der Waals surface area contributed by atoms with Crippen LogP contribution in [0.2, 0.25) is 0 Å². The van der Waals surface area contributed by atoms with Crippen LogP contribution < -0.4 is 0 Å². The van der Waals surface area contributed by atoms with E-state index in [1.807, 2.05) is 0 Å². The maximum atomic E-state index is 12.8. The Kier molecular flexibility index (Phi) is 6.12. The first-order chi connectivity index (χ1) is 9.78. The lowest BCUT2D eigenvalue weighted by Crippen LogP contribution is -2.13. The Morgan fingerprint density at radius 1 is 1.05 bits per heavy atom. The van der Waals surface area contributed by atoms with E-state index in [1.165, 1.54) is 63.5 Å². The second-order valence-corrected chi connectivity index (χ2v) is 5.99. The van der Waals surface area contributed by atoms with Gasteiger partial charge in [-0.2, -0.15) is 0 Å². The van der Waals surface area contributed by atoms with Crippen molar-refractivity contribution < 1.29 is 4.39 Å². The van der Waals surface area contributed by atoms with E-state index in [0.717, 1.165) is 11.5 Å². The second kappa shape index (κ2) is 8.10. The average molecular weight is 272 g/mol. The predicted molar refractivity (Wildman–Crippen MR) is 82.9 cm³/mol. The maximum absolute atomic E-state index is 12.8. The topological polar surface area (TPSA) is 0 Å². The van der Waals surface area contributed by atoms with Crippen molar-refractivity contribution in [2.24, 2.45) is 11.8 Å². The molecule has 1 heteroatoms. The number of hydrogen-bond donors (Lipinski definition) is 0. The molecule has 1 aliphatic rings. The highest BCUT2D eigenvalue weighted by molar-refractivity contribution is 5.34. The van der Waals surface area contributed by atoms with Crippen LogP contribution in [0.5, 0.6) is 0 Å². The van der Waals surface area contributed by atoms with Crippen LogP contribution in [0.1, 0.15) is 63.9 Å². The molecule has 0 radical (unpaired) electrons. The summed E-state index contributed by atoms with van der Waals surface area (Å²) in [6.07, 6.45) is 10.7. The molecule has 0 N–H and O–H groups in total. The van der Waals surface area contributed by atoms with Crippen LogP contribution in [0.4, 0.5) is 4.39 Å². The van der Waals surface area contributed by atoms with Gasteiger partial charge in [0.2, 0.25) is 0 Å². The molecule has 1 saturated carbocycles. The van der Waals surface area contributed by atoms with Crippen LogP contribution in [0, 0.1) is 29.5 Å². The van der Waals surface area contributed by atoms with Crippen LogP contribution in [-0.2, 0) is 0 Å². The van der Waals surface area contributed by atoms with E-state index < -0.39 is 0 Å². The summed E-state index contributed by atoms with van der Waals surface area (Å²) < 4.78 is 12.8. The van der Waals surface area contributed by atoms with Crippen molar-refractivity contribution >= 4 is 0 Å². The minimum absolute atomic E-state index is 0.192. The molecule has 1 fully saturated rings. The molecule has 0 amide bonds. The van der Waals surface area contributed by atoms with Gasteiger partial charge in [-0.3, -0.25) is 0 Å². The molecule has 0 heterocycles. The van der Waals surface area contributed by atoms with E-state index in [2.05, 4.69) is 18.8 Å². The summed E-state index contributed by atoms with van der Waals surface area (Å²) in [6, 6.07) is 6.49. The van der Waals surface area contributed by atoms with Gasteiger partial charge in [0, 0.05) is 11.5 Å². The Labute approximate surface area is 122 Å². The van der Waals surface area contributed by atoms with Crippen LogP contribution in [0.15, 0.2) is 24.3 Å². The summed E-state index contributed by atoms with van der Waals surface area (Å²) in [7, 11) is 0. The number of rotatable bonds is 4. The SMILES string of the molecule is CCCCCC1CCC(C#Cc2ccc(F)cc2)CC1. The van der Waals surface area contributed by atoms with Gasteiger partial charge in [0.15, 0.2) is 0 Å². The third-order valence-corrected chi connectivity index (χ3v) is 4.33. The molecule has 0 saturated heterocycles. The van der Waals surface area contributed by atoms with Crippen molar-refractivity contribution in [3.05, 3.63) is 35.6 Å². The van der Waals surface area contributed by atoms with Crippen LogP contribution in [0.25, 0.3) is 0 Å². The zero-order chi connectivity index (χ0) is 14.2. The molecule has 0 nitrogen and oxygen atoms in total. The summed E-state index contributed by atoms with van der Waals surface area (Å²) in [6.45, 7) is 2.27. The van der Waals surface area contributed by atoms with Crippen LogP contribution >= 0.6 is 0 Å². The highest BCUT2D eigenvalue weighted by Crippen LogP contribution is 2.31. The quantitative estimate of drug-likeness (QED) is 0.497. The monoisotopic (exact) mass is 272 g/mol. The minimum atomic E-state index is -0.192. The largest absolute Gasteiger partial charge is 0.207 e. The molecular weight excluding hydrogens is 247 g/mol. The third kappa shape index (κ3) is 5.00. The highest BCUT2D eigenvalue weighted by atomic mass is 19.1. The lowest BCUT2D eigenvalue weighted by molar-refractivity contribution is 0.294. The van der Waals surface area contributed by atoms with Crippen LogP contribution in [-0.4, -0.2) is 0 Å². The Bertz CT molecular complexity index is 441. The first-order valence-corrected chi connectivity index (χ1v) is 8.05. The first kappa shape index (κ1) is 15.1. The van der Waals surface area contributed by atoms with Crippen molar-refractivity contribution in [2.45, 2.75) is 58.3 Å². The van der Waals surface area contributed by atoms with Gasteiger partial charge < -0.3 is 0 Å². The molecule has 0 atom stereocenters. The third-order valence-electron chi connectivity index (χ3n) is 4.33. The molecule has 1 aromatic rings. The van der Waals surface area contributed by atoms with Crippen molar-refractivity contribution in [1.29, 1.82) is 0 Å². The van der Waals surface area contributed by atoms with Gasteiger partial charge >= 0.3 is 0 Å². The lowest BCUT2D eigenvalue weighted by atomic mass is 9.80. The van der Waals surface area contributed by atoms with E-state index >= 15 is 0 Å². The molecule has 0 aromatic heterocycles. The van der Waals surface area contributed by atoms with E-state index in [1.54, 1.807) is 12.1 Å². The number of hydrogen-bond acceptors (Lipinski definition) is 0. The normalized spacial score (nSPS) is 22.1. The smallest absolute Gasteiger partial charge is 0.123 e. The molecule has 0 aliphatic heterocycles. The summed E-state index contributed by atoms with van der Waals surface area (Å²) in [5.74, 6) is 7.85. The van der Waals surface area contributed by atoms with Crippen molar-refractivity contribution in [1.82, 2.24) is 0 Å². The lowest BCUT2D eigenvalue weighted by Gasteiger charge is -2.25. The summed E-state index contributed by atoms with van der Waals surface area (Å²) >= 11 is 0. The standard InChI is InChI=1S/C19H25F/c1-2-3-4-5-16-6-8-17(9-7-16)10-11-18-12-14-19(20)15-13-18/h12-17H,2-9H2,1H3. The minimum Gasteiger partial charge on any atom is -0.207 e. The number of unbranched alkanes of at least 4 members (excludes halogenated alkanes) is 2. The highest BCUT2D eigenvalue weighted by Gasteiger charge is 2.19. The molecule has 0 unspecified atom stereocenters. The molecule has 0 bridgehead atoms. The Morgan fingerprint density at radius 3 is 2.40 bits per heavy atom. The summed E-state index contributed by atoms with van der Waals surface area (Å²) in [5.41, 5.74) is 0.927. The second-order valence-electron chi connectivity index (χ2n) is 5.99. The summed E-state index contributed by atoms with van der Waals surface area (Å²) in [4.78, 5) is 0. The molecular formula is C19H25F. The Morgan fingerprint density at radius 2 is 1.75 bits per heavy atom. The van der Waals surface area contributed by atoms with E-state index in [-0.39, 0.29) is 5.82 Å². The Balaban J connectivity index is 1.76. The van der Waals surface area contributed by atoms with E-state index in [0.29, 0.717) is 5.92 Å². The van der Waals surface area contributed by atoms with Gasteiger partial charge in [-0.05, 0) is 55.9 Å². The molecule has 1 aromatic carbocycles.